The highest BCUT2D eigenvalue weighted by Crippen LogP contribution is 2.28. The molecule has 0 fully saturated rings. The highest BCUT2D eigenvalue weighted by Gasteiger charge is 2.34. The van der Waals surface area contributed by atoms with Gasteiger partial charge in [-0.05, 0) is 12.1 Å². The van der Waals surface area contributed by atoms with E-state index in [4.69, 9.17) is 4.74 Å². The molecule has 9 nitrogen and oxygen atoms in total. The summed E-state index contributed by atoms with van der Waals surface area (Å²) in [5, 5.41) is 7.78. The number of nitrogens with one attached hydrogen (secondary N) is 2. The molecule has 0 aromatic carbocycles. The number of pyridine rings is 1. The number of rotatable bonds is 5. The number of alkyl halides is 3. The lowest BCUT2D eigenvalue weighted by Crippen LogP contribution is -2.35. The number of hydrogen-bond donors (Lipinski definition) is 2. The Balaban J connectivity index is 1.88. The predicted molar refractivity (Wildman–Crippen MR) is 91.6 cm³/mol. The number of amides is 2. The average molecular weight is 411 g/mol. The van der Waals surface area contributed by atoms with E-state index in [1.165, 1.54) is 19.5 Å². The summed E-state index contributed by atoms with van der Waals surface area (Å²) >= 11 is 0. The number of halogens is 4. The predicted octanol–water partition coefficient (Wildman–Crippen LogP) is 3.00. The molecule has 152 valence electrons. The molecule has 0 saturated carbocycles. The summed E-state index contributed by atoms with van der Waals surface area (Å²) in [4.78, 5) is 25.3. The molecule has 0 atom stereocenters. The Hall–Kier alpha value is -3.77. The first-order chi connectivity index (χ1) is 13.8. The number of hydrogen-bond acceptors (Lipinski definition) is 6. The van der Waals surface area contributed by atoms with Crippen LogP contribution in [-0.4, -0.2) is 38.3 Å². The number of aromatic nitrogens is 5. The molecule has 2 N–H and O–H groups in total. The van der Waals surface area contributed by atoms with Crippen LogP contribution in [0.2, 0.25) is 0 Å². The highest BCUT2D eigenvalue weighted by atomic mass is 19.4. The van der Waals surface area contributed by atoms with Gasteiger partial charge >= 0.3 is 18.2 Å². The zero-order valence-electron chi connectivity index (χ0n) is 14.7. The van der Waals surface area contributed by atoms with E-state index in [1.807, 2.05) is 0 Å². The number of urea groups is 1. The molecule has 3 aromatic rings. The van der Waals surface area contributed by atoms with Crippen LogP contribution in [0.15, 0.2) is 36.8 Å². The quantitative estimate of drug-likeness (QED) is 0.625. The standard InChI is InChI=1S/C16H13F4N7O2/c1-29-14-22-6-11(7-23-14)27(8-10-5-12(26-25-10)16(18,19)20)15(28)24-13-4-9(17)2-3-21-13/h2-7H,8H2,1H3,(H,25,26)(H,21,24,28). The monoisotopic (exact) mass is 411 g/mol. The second-order valence-corrected chi connectivity index (χ2v) is 5.58. The minimum atomic E-state index is -4.64. The minimum absolute atomic E-state index is 0.00417. The number of aromatic amines is 1. The lowest BCUT2D eigenvalue weighted by molar-refractivity contribution is -0.141. The van der Waals surface area contributed by atoms with E-state index in [9.17, 15) is 22.4 Å². The van der Waals surface area contributed by atoms with E-state index in [-0.39, 0.29) is 29.8 Å². The number of carbonyl (C=O) groups excluding carboxylic acids is 1. The molecule has 3 aromatic heterocycles. The molecule has 3 rings (SSSR count). The molecule has 0 aliphatic rings. The Bertz CT molecular complexity index is 991. The molecule has 0 aliphatic carbocycles. The second kappa shape index (κ2) is 8.08. The Morgan fingerprint density at radius 3 is 2.55 bits per heavy atom. The zero-order valence-corrected chi connectivity index (χ0v) is 14.7. The Morgan fingerprint density at radius 1 is 1.24 bits per heavy atom. The van der Waals surface area contributed by atoms with Gasteiger partial charge in [-0.1, -0.05) is 0 Å². The van der Waals surface area contributed by atoms with Gasteiger partial charge in [-0.3, -0.25) is 15.3 Å². The van der Waals surface area contributed by atoms with E-state index >= 15 is 0 Å². The van der Waals surface area contributed by atoms with Gasteiger partial charge in [-0.2, -0.15) is 18.3 Å². The summed E-state index contributed by atoms with van der Waals surface area (Å²) in [6, 6.07) is 2.07. The third kappa shape index (κ3) is 4.94. The normalized spacial score (nSPS) is 11.2. The number of methoxy groups -OCH3 is 1. The van der Waals surface area contributed by atoms with E-state index in [2.05, 4.69) is 30.5 Å². The van der Waals surface area contributed by atoms with Crippen molar-refractivity contribution in [2.45, 2.75) is 12.7 Å². The summed E-state index contributed by atoms with van der Waals surface area (Å²) in [7, 11) is 1.35. The smallest absolute Gasteiger partial charge is 0.435 e. The fourth-order valence-corrected chi connectivity index (χ4v) is 2.24. The summed E-state index contributed by atoms with van der Waals surface area (Å²) in [5.74, 6) is -0.715. The maximum atomic E-state index is 13.3. The Kier molecular flexibility index (Phi) is 5.57. The Morgan fingerprint density at radius 2 is 1.97 bits per heavy atom. The van der Waals surface area contributed by atoms with Crippen molar-refractivity contribution < 1.29 is 27.1 Å². The number of H-pyrrole nitrogens is 1. The van der Waals surface area contributed by atoms with Crippen molar-refractivity contribution in [2.75, 3.05) is 17.3 Å². The molecule has 0 aliphatic heterocycles. The van der Waals surface area contributed by atoms with Gasteiger partial charge in [0.15, 0.2) is 5.69 Å². The van der Waals surface area contributed by atoms with E-state index < -0.39 is 23.7 Å². The topological polar surface area (TPSA) is 109 Å². The van der Waals surface area contributed by atoms with Crippen LogP contribution < -0.4 is 15.0 Å². The van der Waals surface area contributed by atoms with Gasteiger partial charge in [0.25, 0.3) is 0 Å². The van der Waals surface area contributed by atoms with Gasteiger partial charge in [0.1, 0.15) is 11.6 Å². The Labute approximate surface area is 160 Å². The second-order valence-electron chi connectivity index (χ2n) is 5.58. The molecule has 0 unspecified atom stereocenters. The van der Waals surface area contributed by atoms with Crippen molar-refractivity contribution >= 4 is 17.5 Å². The first kappa shape index (κ1) is 20.0. The SMILES string of the molecule is COc1ncc(N(Cc2cc(C(F)(F)F)n[nH]2)C(=O)Nc2cc(F)ccn2)cn1. The lowest BCUT2D eigenvalue weighted by Gasteiger charge is -2.21. The molecule has 13 heteroatoms. The molecular weight excluding hydrogens is 398 g/mol. The molecular formula is C16H13F4N7O2. The molecule has 0 bridgehead atoms. The number of anilines is 2. The van der Waals surface area contributed by atoms with Gasteiger partial charge in [-0.15, -0.1) is 0 Å². The average Bonchev–Trinajstić information content (AvgIpc) is 3.15. The van der Waals surface area contributed by atoms with Crippen molar-refractivity contribution in [1.82, 2.24) is 25.1 Å². The molecule has 0 radical (unpaired) electrons. The van der Waals surface area contributed by atoms with Crippen LogP contribution in [0.25, 0.3) is 0 Å². The fourth-order valence-electron chi connectivity index (χ4n) is 2.24. The van der Waals surface area contributed by atoms with Gasteiger partial charge in [0.2, 0.25) is 0 Å². The fraction of sp³-hybridized carbons (Fsp3) is 0.188. The first-order valence-electron chi connectivity index (χ1n) is 7.94. The summed E-state index contributed by atoms with van der Waals surface area (Å²) in [5.41, 5.74) is -0.996. The maximum absolute atomic E-state index is 13.3. The van der Waals surface area contributed by atoms with Crippen LogP contribution in [0.3, 0.4) is 0 Å². The van der Waals surface area contributed by atoms with Gasteiger partial charge in [0.05, 0.1) is 37.4 Å². The van der Waals surface area contributed by atoms with Crippen molar-refractivity contribution in [3.05, 3.63) is 54.0 Å². The van der Waals surface area contributed by atoms with Crippen LogP contribution in [0.4, 0.5) is 33.9 Å². The van der Waals surface area contributed by atoms with Crippen molar-refractivity contribution in [3.8, 4) is 6.01 Å². The molecule has 0 spiro atoms. The largest absolute Gasteiger partial charge is 0.467 e. The van der Waals surface area contributed by atoms with Crippen LogP contribution in [0, 0.1) is 5.82 Å². The third-order valence-electron chi connectivity index (χ3n) is 3.56. The van der Waals surface area contributed by atoms with Gasteiger partial charge < -0.3 is 4.74 Å². The van der Waals surface area contributed by atoms with Crippen LogP contribution >= 0.6 is 0 Å². The molecule has 2 amide bonds. The van der Waals surface area contributed by atoms with Crippen LogP contribution in [-0.2, 0) is 12.7 Å². The minimum Gasteiger partial charge on any atom is -0.467 e. The van der Waals surface area contributed by atoms with Gasteiger partial charge in [-0.25, -0.2) is 24.1 Å². The lowest BCUT2D eigenvalue weighted by atomic mass is 10.3. The molecule has 29 heavy (non-hydrogen) atoms. The van der Waals surface area contributed by atoms with E-state index in [0.29, 0.717) is 0 Å². The highest BCUT2D eigenvalue weighted by molar-refractivity contribution is 6.00. The van der Waals surface area contributed by atoms with E-state index in [1.54, 1.807) is 0 Å². The number of nitrogens with zero attached hydrogens (tertiary/aromatic N) is 5. The first-order valence-corrected chi connectivity index (χ1v) is 7.94. The van der Waals surface area contributed by atoms with Crippen molar-refractivity contribution in [3.63, 3.8) is 0 Å². The van der Waals surface area contributed by atoms with Gasteiger partial charge in [0, 0.05) is 12.3 Å². The summed E-state index contributed by atoms with van der Waals surface area (Å²) < 4.78 is 56.5. The molecule has 0 saturated heterocycles. The van der Waals surface area contributed by atoms with Crippen molar-refractivity contribution in [1.29, 1.82) is 0 Å². The zero-order chi connectivity index (χ0) is 21.0. The molecule has 3 heterocycles. The summed E-state index contributed by atoms with van der Waals surface area (Å²) in [6.07, 6.45) is -1.01. The number of carbonyl (C=O) groups is 1. The summed E-state index contributed by atoms with van der Waals surface area (Å²) in [6.45, 7) is -0.333. The van der Waals surface area contributed by atoms with Crippen molar-refractivity contribution in [2.24, 2.45) is 0 Å². The third-order valence-corrected chi connectivity index (χ3v) is 3.56. The number of ether oxygens (including phenoxy) is 1. The van der Waals surface area contributed by atoms with Crippen LogP contribution in [0.1, 0.15) is 11.4 Å². The van der Waals surface area contributed by atoms with Crippen LogP contribution in [0.5, 0.6) is 6.01 Å². The van der Waals surface area contributed by atoms with E-state index in [0.717, 1.165) is 29.3 Å². The maximum Gasteiger partial charge on any atom is 0.435 e.